The van der Waals surface area contributed by atoms with Crippen LogP contribution in [0, 0.1) is 0 Å². The van der Waals surface area contributed by atoms with E-state index in [0.29, 0.717) is 34.6 Å². The molecule has 5 rings (SSSR count). The number of ether oxygens (including phenoxy) is 1. The highest BCUT2D eigenvalue weighted by Crippen LogP contribution is 2.38. The van der Waals surface area contributed by atoms with Crippen molar-refractivity contribution < 1.29 is 14.3 Å². The molecule has 2 N–H and O–H groups in total. The number of benzene rings is 3. The SMILES string of the molecule is COC(=O)c1ccc2c(c1)NC(=O)C2=C(Nc1ccc(Cn2cncn2)cc1)c1ccccc1. The molecule has 2 heterocycles. The Hall–Kier alpha value is -4.72. The number of rotatable bonds is 6. The smallest absolute Gasteiger partial charge is 0.337 e. The van der Waals surface area contributed by atoms with Crippen molar-refractivity contribution in [3.8, 4) is 0 Å². The Morgan fingerprint density at radius 1 is 1.03 bits per heavy atom. The maximum absolute atomic E-state index is 13.1. The number of anilines is 2. The van der Waals surface area contributed by atoms with Gasteiger partial charge in [0.2, 0.25) is 0 Å². The number of hydrogen-bond donors (Lipinski definition) is 2. The van der Waals surface area contributed by atoms with Crippen molar-refractivity contribution >= 4 is 34.5 Å². The fourth-order valence-corrected chi connectivity index (χ4v) is 3.89. The van der Waals surface area contributed by atoms with Gasteiger partial charge in [-0.15, -0.1) is 0 Å². The van der Waals surface area contributed by atoms with E-state index >= 15 is 0 Å². The molecular formula is C26H21N5O3. The zero-order chi connectivity index (χ0) is 23.5. The maximum atomic E-state index is 13.1. The van der Waals surface area contributed by atoms with E-state index in [0.717, 1.165) is 16.8 Å². The Labute approximate surface area is 195 Å². The van der Waals surface area contributed by atoms with Crippen molar-refractivity contribution in [2.45, 2.75) is 6.54 Å². The van der Waals surface area contributed by atoms with Gasteiger partial charge in [-0.25, -0.2) is 14.5 Å². The number of carbonyl (C=O) groups excluding carboxylic acids is 2. The highest BCUT2D eigenvalue weighted by Gasteiger charge is 2.29. The van der Waals surface area contributed by atoms with Crippen molar-refractivity contribution in [1.29, 1.82) is 0 Å². The minimum atomic E-state index is -0.457. The van der Waals surface area contributed by atoms with Gasteiger partial charge in [0.1, 0.15) is 12.7 Å². The third-order valence-electron chi connectivity index (χ3n) is 5.53. The topological polar surface area (TPSA) is 98.1 Å². The molecule has 34 heavy (non-hydrogen) atoms. The number of carbonyl (C=O) groups is 2. The summed E-state index contributed by atoms with van der Waals surface area (Å²) in [6, 6.07) is 22.7. The first-order valence-electron chi connectivity index (χ1n) is 10.6. The van der Waals surface area contributed by atoms with Crippen molar-refractivity contribution in [2.24, 2.45) is 0 Å². The fourth-order valence-electron chi connectivity index (χ4n) is 3.89. The molecule has 168 valence electrons. The van der Waals surface area contributed by atoms with Gasteiger partial charge in [-0.2, -0.15) is 5.10 Å². The zero-order valence-electron chi connectivity index (χ0n) is 18.4. The zero-order valence-corrected chi connectivity index (χ0v) is 18.4. The van der Waals surface area contributed by atoms with E-state index in [-0.39, 0.29) is 5.91 Å². The number of methoxy groups -OCH3 is 1. The molecule has 3 aromatic carbocycles. The first-order chi connectivity index (χ1) is 16.6. The molecule has 0 unspecified atom stereocenters. The fraction of sp³-hybridized carbons (Fsp3) is 0.0769. The van der Waals surface area contributed by atoms with Crippen molar-refractivity contribution in [1.82, 2.24) is 14.8 Å². The van der Waals surface area contributed by atoms with E-state index in [1.165, 1.54) is 13.4 Å². The Morgan fingerprint density at radius 3 is 2.53 bits per heavy atom. The first-order valence-corrected chi connectivity index (χ1v) is 10.6. The van der Waals surface area contributed by atoms with Crippen LogP contribution >= 0.6 is 0 Å². The third kappa shape index (κ3) is 4.16. The molecule has 0 saturated heterocycles. The first kappa shape index (κ1) is 21.1. The van der Waals surface area contributed by atoms with Crippen LogP contribution < -0.4 is 10.6 Å². The number of amides is 1. The van der Waals surface area contributed by atoms with Crippen molar-refractivity contribution in [2.75, 3.05) is 17.7 Å². The van der Waals surface area contributed by atoms with Gasteiger partial charge in [0, 0.05) is 11.3 Å². The maximum Gasteiger partial charge on any atom is 0.337 e. The number of nitrogens with one attached hydrogen (secondary N) is 2. The Kier molecular flexibility index (Phi) is 5.61. The minimum Gasteiger partial charge on any atom is -0.465 e. The van der Waals surface area contributed by atoms with E-state index in [4.69, 9.17) is 4.74 Å². The summed E-state index contributed by atoms with van der Waals surface area (Å²) in [6.45, 7) is 0.616. The molecule has 0 spiro atoms. The van der Waals surface area contributed by atoms with Crippen LogP contribution in [0.3, 0.4) is 0 Å². The molecule has 0 bridgehead atoms. The predicted molar refractivity (Wildman–Crippen MR) is 129 cm³/mol. The molecule has 1 aliphatic rings. The molecule has 0 saturated carbocycles. The van der Waals surface area contributed by atoms with Crippen LogP contribution in [0.2, 0.25) is 0 Å². The van der Waals surface area contributed by atoms with Crippen LogP contribution in [0.1, 0.15) is 27.0 Å². The van der Waals surface area contributed by atoms with Gasteiger partial charge in [0.25, 0.3) is 5.91 Å². The standard InChI is InChI=1S/C26H21N5O3/c1-34-26(33)19-9-12-21-22(13-19)30-25(32)23(21)24(18-5-3-2-4-6-18)29-20-10-7-17(8-11-20)14-31-16-27-15-28-31/h2-13,15-16,29H,14H2,1H3,(H,30,32). The quantitative estimate of drug-likeness (QED) is 0.339. The molecule has 1 aromatic heterocycles. The molecule has 1 amide bonds. The van der Waals surface area contributed by atoms with Crippen LogP contribution in [0.25, 0.3) is 11.3 Å². The summed E-state index contributed by atoms with van der Waals surface area (Å²) in [5.74, 6) is -0.701. The second-order valence-electron chi connectivity index (χ2n) is 7.74. The molecule has 0 fully saturated rings. The second-order valence-corrected chi connectivity index (χ2v) is 7.74. The van der Waals surface area contributed by atoms with Gasteiger partial charge in [-0.05, 0) is 35.4 Å². The number of hydrogen-bond acceptors (Lipinski definition) is 6. The van der Waals surface area contributed by atoms with E-state index < -0.39 is 5.97 Å². The molecule has 1 aliphatic heterocycles. The van der Waals surface area contributed by atoms with Gasteiger partial charge in [-0.3, -0.25) is 4.79 Å². The molecule has 8 nitrogen and oxygen atoms in total. The van der Waals surface area contributed by atoms with E-state index in [1.54, 1.807) is 29.2 Å². The molecule has 0 aliphatic carbocycles. The monoisotopic (exact) mass is 451 g/mol. The van der Waals surface area contributed by atoms with Gasteiger partial charge in [0.05, 0.1) is 36.2 Å². The van der Waals surface area contributed by atoms with Crippen LogP contribution in [-0.4, -0.2) is 33.8 Å². The Balaban J connectivity index is 1.53. The lowest BCUT2D eigenvalue weighted by Crippen LogP contribution is -2.10. The van der Waals surface area contributed by atoms with Gasteiger partial charge < -0.3 is 15.4 Å². The lowest BCUT2D eigenvalue weighted by molar-refractivity contribution is -0.110. The largest absolute Gasteiger partial charge is 0.465 e. The average molecular weight is 451 g/mol. The van der Waals surface area contributed by atoms with E-state index in [9.17, 15) is 9.59 Å². The summed E-state index contributed by atoms with van der Waals surface area (Å²) in [5.41, 5.74) is 5.61. The predicted octanol–water partition coefficient (Wildman–Crippen LogP) is 4.05. The van der Waals surface area contributed by atoms with Crippen LogP contribution in [-0.2, 0) is 16.1 Å². The van der Waals surface area contributed by atoms with Crippen molar-refractivity contribution in [3.63, 3.8) is 0 Å². The van der Waals surface area contributed by atoms with Crippen LogP contribution in [0.15, 0.2) is 85.5 Å². The minimum absolute atomic E-state index is 0.244. The molecule has 8 heteroatoms. The van der Waals surface area contributed by atoms with E-state index in [2.05, 4.69) is 20.7 Å². The molecule has 0 radical (unpaired) electrons. The van der Waals surface area contributed by atoms with Crippen LogP contribution in [0.4, 0.5) is 11.4 Å². The molecule has 0 atom stereocenters. The number of fused-ring (bicyclic) bond motifs is 1. The molecular weight excluding hydrogens is 430 g/mol. The number of esters is 1. The van der Waals surface area contributed by atoms with Gasteiger partial charge >= 0.3 is 5.97 Å². The number of nitrogens with zero attached hydrogens (tertiary/aromatic N) is 3. The normalized spacial score (nSPS) is 13.7. The highest BCUT2D eigenvalue weighted by molar-refractivity contribution is 6.37. The third-order valence-corrected chi connectivity index (χ3v) is 5.53. The Bertz CT molecular complexity index is 1380. The average Bonchev–Trinajstić information content (AvgIpc) is 3.50. The summed E-state index contributed by atoms with van der Waals surface area (Å²) in [6.07, 6.45) is 3.18. The summed E-state index contributed by atoms with van der Waals surface area (Å²) in [7, 11) is 1.33. The molecule has 4 aromatic rings. The number of aromatic nitrogens is 3. The van der Waals surface area contributed by atoms with E-state index in [1.807, 2.05) is 54.6 Å². The van der Waals surface area contributed by atoms with Gasteiger partial charge in [-0.1, -0.05) is 48.5 Å². The van der Waals surface area contributed by atoms with Crippen LogP contribution in [0.5, 0.6) is 0 Å². The summed E-state index contributed by atoms with van der Waals surface area (Å²) in [5, 5.41) is 10.4. The highest BCUT2D eigenvalue weighted by atomic mass is 16.5. The summed E-state index contributed by atoms with van der Waals surface area (Å²) in [4.78, 5) is 29.0. The summed E-state index contributed by atoms with van der Waals surface area (Å²) < 4.78 is 6.56. The Morgan fingerprint density at radius 2 is 1.82 bits per heavy atom. The lowest BCUT2D eigenvalue weighted by atomic mass is 9.99. The van der Waals surface area contributed by atoms with Crippen molar-refractivity contribution in [3.05, 3.63) is 108 Å². The summed E-state index contributed by atoms with van der Waals surface area (Å²) >= 11 is 0. The van der Waals surface area contributed by atoms with Gasteiger partial charge in [0.15, 0.2) is 0 Å². The lowest BCUT2D eigenvalue weighted by Gasteiger charge is -2.15. The second kappa shape index (κ2) is 9.03.